The molecule has 0 aliphatic carbocycles. The molecule has 6 nitrogen and oxygen atoms in total. The quantitative estimate of drug-likeness (QED) is 0.654. The topological polar surface area (TPSA) is 53.1 Å². The fourth-order valence-corrected chi connectivity index (χ4v) is 5.52. The van der Waals surface area contributed by atoms with Crippen LogP contribution in [-0.4, -0.2) is 60.6 Å². The molecule has 2 aromatic carbocycles. The highest BCUT2D eigenvalue weighted by Crippen LogP contribution is 2.34. The Morgan fingerprint density at radius 1 is 1.00 bits per heavy atom. The van der Waals surface area contributed by atoms with Gasteiger partial charge in [-0.3, -0.25) is 4.79 Å². The number of carbonyl (C=O) groups is 2. The lowest BCUT2D eigenvalue weighted by atomic mass is 9.96. The van der Waals surface area contributed by atoms with Crippen molar-refractivity contribution in [2.45, 2.75) is 38.3 Å². The van der Waals surface area contributed by atoms with Crippen molar-refractivity contribution >= 4 is 17.6 Å². The predicted octanol–water partition coefficient (Wildman–Crippen LogP) is 4.47. The van der Waals surface area contributed by atoms with Gasteiger partial charge in [-0.1, -0.05) is 37.3 Å². The third kappa shape index (κ3) is 4.72. The van der Waals surface area contributed by atoms with Gasteiger partial charge in [0, 0.05) is 32.2 Å². The number of ether oxygens (including phenoxy) is 1. The Morgan fingerprint density at radius 2 is 1.71 bits per heavy atom. The fourth-order valence-electron chi connectivity index (χ4n) is 5.52. The number of carbonyl (C=O) groups excluding carboxylic acids is 2. The van der Waals surface area contributed by atoms with Crippen molar-refractivity contribution in [3.05, 3.63) is 66.0 Å². The molecule has 3 amide bonds. The van der Waals surface area contributed by atoms with Crippen LogP contribution in [0.5, 0.6) is 0 Å². The van der Waals surface area contributed by atoms with E-state index in [-0.39, 0.29) is 35.8 Å². The van der Waals surface area contributed by atoms with Crippen LogP contribution in [0.4, 0.5) is 14.9 Å². The van der Waals surface area contributed by atoms with E-state index in [4.69, 9.17) is 4.74 Å². The number of nitrogens with zero attached hydrogens (tertiary/aromatic N) is 3. The number of hydrogen-bond donors (Lipinski definition) is 0. The third-order valence-corrected chi connectivity index (χ3v) is 7.40. The zero-order valence-electron chi connectivity index (χ0n) is 19.6. The zero-order chi connectivity index (χ0) is 23.7. The standard InChI is InChI=1S/C27H32FN3O3/c1-19-16-30(27(33)31(26(19)32)24-5-3-2-4-6-24)23-11-13-29(14-12-23)17-20-15-25(34-18-20)21-7-9-22(28)10-8-21/h2-10,19-20,23,25H,11-18H2,1H3. The lowest BCUT2D eigenvalue weighted by Gasteiger charge is -2.44. The molecule has 0 aromatic heterocycles. The lowest BCUT2D eigenvalue weighted by molar-refractivity contribution is -0.123. The molecule has 3 unspecified atom stereocenters. The first-order valence-corrected chi connectivity index (χ1v) is 12.3. The van der Waals surface area contributed by atoms with E-state index in [1.54, 1.807) is 0 Å². The molecule has 5 rings (SSSR count). The Kier molecular flexibility index (Phi) is 6.66. The van der Waals surface area contributed by atoms with Crippen molar-refractivity contribution in [1.29, 1.82) is 0 Å². The van der Waals surface area contributed by atoms with Gasteiger partial charge in [0.25, 0.3) is 0 Å². The summed E-state index contributed by atoms with van der Waals surface area (Å²) in [7, 11) is 0. The van der Waals surface area contributed by atoms with Crippen LogP contribution in [0, 0.1) is 17.7 Å². The summed E-state index contributed by atoms with van der Waals surface area (Å²) in [6.07, 6.45) is 2.80. The Hall–Kier alpha value is -2.77. The lowest BCUT2D eigenvalue weighted by Crippen LogP contribution is -2.60. The molecule has 3 saturated heterocycles. The summed E-state index contributed by atoms with van der Waals surface area (Å²) in [5.41, 5.74) is 1.68. The molecule has 3 fully saturated rings. The van der Waals surface area contributed by atoms with Crippen LogP contribution in [0.2, 0.25) is 0 Å². The summed E-state index contributed by atoms with van der Waals surface area (Å²) in [6.45, 7) is 5.95. The van der Waals surface area contributed by atoms with Crippen LogP contribution in [0.3, 0.4) is 0 Å². The number of para-hydroxylation sites is 1. The van der Waals surface area contributed by atoms with Crippen LogP contribution >= 0.6 is 0 Å². The summed E-state index contributed by atoms with van der Waals surface area (Å²) < 4.78 is 19.2. The minimum Gasteiger partial charge on any atom is -0.373 e. The Labute approximate surface area is 200 Å². The minimum atomic E-state index is -0.223. The molecule has 0 saturated carbocycles. The Balaban J connectivity index is 1.16. The Bertz CT molecular complexity index is 1010. The third-order valence-electron chi connectivity index (χ3n) is 7.40. The number of rotatable bonds is 5. The summed E-state index contributed by atoms with van der Waals surface area (Å²) in [4.78, 5) is 31.8. The van der Waals surface area contributed by atoms with E-state index in [9.17, 15) is 14.0 Å². The largest absolute Gasteiger partial charge is 0.373 e. The second-order valence-electron chi connectivity index (χ2n) is 9.85. The van der Waals surface area contributed by atoms with Gasteiger partial charge < -0.3 is 14.5 Å². The highest BCUT2D eigenvalue weighted by molar-refractivity contribution is 6.16. The maximum atomic E-state index is 13.3. The van der Waals surface area contributed by atoms with E-state index in [2.05, 4.69) is 4.90 Å². The van der Waals surface area contributed by atoms with Crippen molar-refractivity contribution in [2.75, 3.05) is 37.7 Å². The molecule has 34 heavy (non-hydrogen) atoms. The van der Waals surface area contributed by atoms with E-state index in [0.29, 0.717) is 18.2 Å². The molecular weight excluding hydrogens is 433 g/mol. The molecule has 0 N–H and O–H groups in total. The van der Waals surface area contributed by atoms with Crippen LogP contribution in [-0.2, 0) is 9.53 Å². The fraction of sp³-hybridized carbons (Fsp3) is 0.481. The molecule has 3 atom stereocenters. The van der Waals surface area contributed by atoms with Crippen LogP contribution < -0.4 is 4.90 Å². The number of hydrogen-bond acceptors (Lipinski definition) is 4. The van der Waals surface area contributed by atoms with Gasteiger partial charge in [0.1, 0.15) is 5.82 Å². The maximum Gasteiger partial charge on any atom is 0.331 e. The van der Waals surface area contributed by atoms with Gasteiger partial charge in [0.15, 0.2) is 0 Å². The summed E-state index contributed by atoms with van der Waals surface area (Å²) >= 11 is 0. The van der Waals surface area contributed by atoms with Crippen LogP contribution in [0.1, 0.15) is 37.9 Å². The molecule has 2 aromatic rings. The van der Waals surface area contributed by atoms with E-state index >= 15 is 0 Å². The van der Waals surface area contributed by atoms with Gasteiger partial charge in [0.05, 0.1) is 24.3 Å². The van der Waals surface area contributed by atoms with Crippen molar-refractivity contribution in [1.82, 2.24) is 9.80 Å². The normalized spacial score (nSPS) is 26.9. The minimum absolute atomic E-state index is 0.0390. The SMILES string of the molecule is CC1CN(C2CCN(CC3COC(c4ccc(F)cc4)C3)CC2)C(=O)N(c2ccccc2)C1=O. The molecule has 7 heteroatoms. The monoisotopic (exact) mass is 465 g/mol. The average molecular weight is 466 g/mol. The van der Waals surface area contributed by atoms with E-state index < -0.39 is 0 Å². The van der Waals surface area contributed by atoms with Crippen molar-refractivity contribution < 1.29 is 18.7 Å². The first-order valence-electron chi connectivity index (χ1n) is 12.3. The highest BCUT2D eigenvalue weighted by atomic mass is 19.1. The number of piperidine rings is 1. The number of amides is 3. The number of urea groups is 1. The summed E-state index contributed by atoms with van der Waals surface area (Å²) in [5, 5.41) is 0. The molecule has 180 valence electrons. The molecule has 0 spiro atoms. The van der Waals surface area contributed by atoms with Gasteiger partial charge in [-0.15, -0.1) is 0 Å². The maximum absolute atomic E-state index is 13.3. The number of halogens is 1. The second-order valence-corrected chi connectivity index (χ2v) is 9.85. The number of anilines is 1. The average Bonchev–Trinajstić information content (AvgIpc) is 3.32. The van der Waals surface area contributed by atoms with E-state index in [0.717, 1.165) is 51.1 Å². The van der Waals surface area contributed by atoms with Gasteiger partial charge in [-0.25, -0.2) is 14.1 Å². The smallest absolute Gasteiger partial charge is 0.331 e. The molecule has 3 heterocycles. The van der Waals surface area contributed by atoms with Gasteiger partial charge in [0.2, 0.25) is 5.91 Å². The number of likely N-dealkylation sites (tertiary alicyclic amines) is 1. The van der Waals surface area contributed by atoms with Gasteiger partial charge >= 0.3 is 6.03 Å². The molecule has 0 bridgehead atoms. The zero-order valence-corrected chi connectivity index (χ0v) is 19.6. The first-order chi connectivity index (χ1) is 16.5. The highest BCUT2D eigenvalue weighted by Gasteiger charge is 2.41. The summed E-state index contributed by atoms with van der Waals surface area (Å²) in [5.74, 6) is -0.106. The van der Waals surface area contributed by atoms with E-state index in [1.165, 1.54) is 17.0 Å². The molecule has 0 radical (unpaired) electrons. The van der Waals surface area contributed by atoms with E-state index in [1.807, 2.05) is 54.3 Å². The first kappa shape index (κ1) is 23.0. The molecule has 3 aliphatic heterocycles. The second kappa shape index (κ2) is 9.84. The van der Waals surface area contributed by atoms with Crippen molar-refractivity contribution in [2.24, 2.45) is 11.8 Å². The molecule has 3 aliphatic rings. The number of benzene rings is 2. The van der Waals surface area contributed by atoms with Crippen molar-refractivity contribution in [3.63, 3.8) is 0 Å². The Morgan fingerprint density at radius 3 is 2.41 bits per heavy atom. The number of imide groups is 1. The van der Waals surface area contributed by atoms with Gasteiger partial charge in [-0.05, 0) is 55.0 Å². The van der Waals surface area contributed by atoms with Gasteiger partial charge in [-0.2, -0.15) is 0 Å². The molecular formula is C27H32FN3O3. The van der Waals surface area contributed by atoms with Crippen LogP contribution in [0.25, 0.3) is 0 Å². The van der Waals surface area contributed by atoms with Crippen molar-refractivity contribution in [3.8, 4) is 0 Å². The van der Waals surface area contributed by atoms with Crippen LogP contribution in [0.15, 0.2) is 54.6 Å². The predicted molar refractivity (Wildman–Crippen MR) is 128 cm³/mol. The summed E-state index contributed by atoms with van der Waals surface area (Å²) in [6, 6.07) is 15.8.